The minimum atomic E-state index is -4.11. The van der Waals surface area contributed by atoms with Gasteiger partial charge in [0, 0.05) is 12.6 Å². The van der Waals surface area contributed by atoms with E-state index in [9.17, 15) is 18.3 Å². The molecule has 0 heterocycles. The van der Waals surface area contributed by atoms with E-state index in [4.69, 9.17) is 0 Å². The Morgan fingerprint density at radius 3 is 2.53 bits per heavy atom. The summed E-state index contributed by atoms with van der Waals surface area (Å²) in [5, 5.41) is 12.3. The van der Waals surface area contributed by atoms with E-state index in [0.717, 1.165) is 19.3 Å². The van der Waals surface area contributed by atoms with Crippen LogP contribution in [0.5, 0.6) is 0 Å². The molecule has 3 unspecified atom stereocenters. The molecule has 0 radical (unpaired) electrons. The number of aliphatic hydroxyl groups is 1. The molecule has 1 saturated carbocycles. The zero-order chi connectivity index (χ0) is 11.5. The lowest BCUT2D eigenvalue weighted by molar-refractivity contribution is -0.139. The zero-order valence-corrected chi connectivity index (χ0v) is 8.85. The van der Waals surface area contributed by atoms with E-state index in [1.54, 1.807) is 0 Å². The third-order valence-corrected chi connectivity index (χ3v) is 2.89. The highest BCUT2D eigenvalue weighted by molar-refractivity contribution is 4.79. The van der Waals surface area contributed by atoms with Gasteiger partial charge in [0.05, 0.1) is 12.5 Å². The van der Waals surface area contributed by atoms with Gasteiger partial charge < -0.3 is 10.4 Å². The van der Waals surface area contributed by atoms with Gasteiger partial charge in [-0.25, -0.2) is 0 Å². The van der Waals surface area contributed by atoms with E-state index in [1.165, 1.54) is 6.92 Å². The predicted molar refractivity (Wildman–Crippen MR) is 51.5 cm³/mol. The normalized spacial score (nSPS) is 29.4. The van der Waals surface area contributed by atoms with Gasteiger partial charge in [0.25, 0.3) is 0 Å². The van der Waals surface area contributed by atoms with Crippen molar-refractivity contribution in [1.29, 1.82) is 0 Å². The molecule has 1 aliphatic rings. The maximum Gasteiger partial charge on any atom is 0.390 e. The van der Waals surface area contributed by atoms with Crippen LogP contribution < -0.4 is 5.32 Å². The fourth-order valence-electron chi connectivity index (χ4n) is 2.03. The summed E-state index contributed by atoms with van der Waals surface area (Å²) in [6, 6.07) is -0.571. The Labute approximate surface area is 87.9 Å². The average molecular weight is 225 g/mol. The van der Waals surface area contributed by atoms with E-state index in [1.807, 2.05) is 0 Å². The van der Waals surface area contributed by atoms with Gasteiger partial charge in [0.2, 0.25) is 0 Å². The molecule has 0 saturated heterocycles. The van der Waals surface area contributed by atoms with Crippen LogP contribution in [0.25, 0.3) is 0 Å². The molecule has 3 atom stereocenters. The SMILES string of the molecule is CC(CC(F)(F)F)NCC1CCCC1O. The number of aliphatic hydroxyl groups excluding tert-OH is 1. The molecule has 15 heavy (non-hydrogen) atoms. The lowest BCUT2D eigenvalue weighted by atomic mass is 10.1. The first-order valence-corrected chi connectivity index (χ1v) is 5.36. The van der Waals surface area contributed by atoms with E-state index >= 15 is 0 Å². The minimum Gasteiger partial charge on any atom is -0.393 e. The van der Waals surface area contributed by atoms with Crippen LogP contribution in [0.4, 0.5) is 13.2 Å². The summed E-state index contributed by atoms with van der Waals surface area (Å²) in [7, 11) is 0. The van der Waals surface area contributed by atoms with Crippen LogP contribution in [0.3, 0.4) is 0 Å². The largest absolute Gasteiger partial charge is 0.393 e. The van der Waals surface area contributed by atoms with Crippen LogP contribution in [0.15, 0.2) is 0 Å². The zero-order valence-electron chi connectivity index (χ0n) is 8.85. The van der Waals surface area contributed by atoms with Crippen molar-refractivity contribution < 1.29 is 18.3 Å². The summed E-state index contributed by atoms with van der Waals surface area (Å²) in [6.45, 7) is 2.01. The van der Waals surface area contributed by atoms with E-state index in [0.29, 0.717) is 6.54 Å². The second kappa shape index (κ2) is 5.16. The van der Waals surface area contributed by atoms with Crippen LogP contribution in [0.2, 0.25) is 0 Å². The molecule has 2 N–H and O–H groups in total. The molecule has 90 valence electrons. The maximum atomic E-state index is 12.0. The molecule has 0 bridgehead atoms. The van der Waals surface area contributed by atoms with E-state index in [-0.39, 0.29) is 12.0 Å². The van der Waals surface area contributed by atoms with Gasteiger partial charge in [-0.05, 0) is 25.7 Å². The Morgan fingerprint density at radius 2 is 2.07 bits per heavy atom. The van der Waals surface area contributed by atoms with Crippen molar-refractivity contribution in [1.82, 2.24) is 5.32 Å². The van der Waals surface area contributed by atoms with Gasteiger partial charge in [-0.1, -0.05) is 6.42 Å². The molecular formula is C10H18F3NO. The Kier molecular flexibility index (Phi) is 4.40. The fraction of sp³-hybridized carbons (Fsp3) is 1.00. The lowest BCUT2D eigenvalue weighted by Gasteiger charge is -2.20. The molecule has 0 amide bonds. The lowest BCUT2D eigenvalue weighted by Crippen LogP contribution is -2.36. The van der Waals surface area contributed by atoms with Crippen LogP contribution >= 0.6 is 0 Å². The summed E-state index contributed by atoms with van der Waals surface area (Å²) in [6.07, 6.45) is -2.60. The third-order valence-electron chi connectivity index (χ3n) is 2.89. The Morgan fingerprint density at radius 1 is 1.40 bits per heavy atom. The first kappa shape index (κ1) is 12.8. The van der Waals surface area contributed by atoms with Crippen LogP contribution in [-0.4, -0.2) is 30.0 Å². The molecule has 0 spiro atoms. The predicted octanol–water partition coefficient (Wildman–Crippen LogP) is 2.08. The standard InChI is InChI=1S/C10H18F3NO/c1-7(5-10(11,12)13)14-6-8-3-2-4-9(8)15/h7-9,14-15H,2-6H2,1H3. The highest BCUT2D eigenvalue weighted by Gasteiger charge is 2.31. The molecule has 1 fully saturated rings. The molecule has 2 nitrogen and oxygen atoms in total. The first-order chi connectivity index (χ1) is 6.88. The van der Waals surface area contributed by atoms with Gasteiger partial charge in [-0.15, -0.1) is 0 Å². The summed E-state index contributed by atoms with van der Waals surface area (Å²) in [5.74, 6) is 0.126. The molecule has 5 heteroatoms. The summed E-state index contributed by atoms with van der Waals surface area (Å²) >= 11 is 0. The fourth-order valence-corrected chi connectivity index (χ4v) is 2.03. The minimum absolute atomic E-state index is 0.126. The molecule has 1 rings (SSSR count). The van der Waals surface area contributed by atoms with Gasteiger partial charge >= 0.3 is 6.18 Å². The second-order valence-corrected chi connectivity index (χ2v) is 4.39. The number of nitrogens with one attached hydrogen (secondary N) is 1. The number of rotatable bonds is 4. The number of halogens is 3. The summed E-state index contributed by atoms with van der Waals surface area (Å²) < 4.78 is 36.0. The van der Waals surface area contributed by atoms with Crippen molar-refractivity contribution in [2.45, 2.75) is 50.9 Å². The van der Waals surface area contributed by atoms with Crippen LogP contribution in [0, 0.1) is 5.92 Å². The molecule has 1 aliphatic carbocycles. The third kappa shape index (κ3) is 4.84. The first-order valence-electron chi connectivity index (χ1n) is 5.36. The number of hydrogen-bond donors (Lipinski definition) is 2. The number of alkyl halides is 3. The Bertz CT molecular complexity index is 196. The molecule has 0 aromatic rings. The van der Waals surface area contributed by atoms with E-state index in [2.05, 4.69) is 5.32 Å². The highest BCUT2D eigenvalue weighted by Crippen LogP contribution is 2.25. The topological polar surface area (TPSA) is 32.3 Å². The van der Waals surface area contributed by atoms with Crippen LogP contribution in [-0.2, 0) is 0 Å². The van der Waals surface area contributed by atoms with Gasteiger partial charge in [0.15, 0.2) is 0 Å². The van der Waals surface area contributed by atoms with Crippen molar-refractivity contribution in [2.24, 2.45) is 5.92 Å². The van der Waals surface area contributed by atoms with Crippen molar-refractivity contribution >= 4 is 0 Å². The van der Waals surface area contributed by atoms with Crippen LogP contribution in [0.1, 0.15) is 32.6 Å². The van der Waals surface area contributed by atoms with E-state index < -0.39 is 18.6 Å². The van der Waals surface area contributed by atoms with Crippen molar-refractivity contribution in [2.75, 3.05) is 6.54 Å². The second-order valence-electron chi connectivity index (χ2n) is 4.39. The molecule has 0 aromatic carbocycles. The van der Waals surface area contributed by atoms with Gasteiger partial charge in [0.1, 0.15) is 0 Å². The molecule has 0 aromatic heterocycles. The smallest absolute Gasteiger partial charge is 0.390 e. The Hall–Kier alpha value is -0.290. The average Bonchev–Trinajstić information content (AvgIpc) is 2.44. The monoisotopic (exact) mass is 225 g/mol. The quantitative estimate of drug-likeness (QED) is 0.767. The summed E-state index contributed by atoms with van der Waals surface area (Å²) in [4.78, 5) is 0. The van der Waals surface area contributed by atoms with Crippen molar-refractivity contribution in [3.63, 3.8) is 0 Å². The number of hydrogen-bond acceptors (Lipinski definition) is 2. The van der Waals surface area contributed by atoms with Gasteiger partial charge in [-0.2, -0.15) is 13.2 Å². The molecular weight excluding hydrogens is 207 g/mol. The highest BCUT2D eigenvalue weighted by atomic mass is 19.4. The van der Waals surface area contributed by atoms with Crippen molar-refractivity contribution in [3.05, 3.63) is 0 Å². The van der Waals surface area contributed by atoms with Crippen molar-refractivity contribution in [3.8, 4) is 0 Å². The Balaban J connectivity index is 2.19. The maximum absolute atomic E-state index is 12.0. The molecule has 0 aliphatic heterocycles. The van der Waals surface area contributed by atoms with Gasteiger partial charge in [-0.3, -0.25) is 0 Å². The summed E-state index contributed by atoms with van der Waals surface area (Å²) in [5.41, 5.74) is 0.